The highest BCUT2D eigenvalue weighted by atomic mass is 35.5. The van der Waals surface area contributed by atoms with Gasteiger partial charge in [0.2, 0.25) is 5.91 Å². The Morgan fingerprint density at radius 2 is 2.05 bits per heavy atom. The molecule has 0 atom stereocenters. The molecule has 21 heavy (non-hydrogen) atoms. The number of nitrogens with zero attached hydrogens (tertiary/aromatic N) is 1. The first kappa shape index (κ1) is 15.1. The van der Waals surface area contributed by atoms with Gasteiger partial charge in [0.15, 0.2) is 0 Å². The van der Waals surface area contributed by atoms with Crippen LogP contribution in [-0.2, 0) is 11.2 Å². The average Bonchev–Trinajstić information content (AvgIpc) is 2.48. The van der Waals surface area contributed by atoms with Crippen LogP contribution in [-0.4, -0.2) is 19.2 Å². The highest BCUT2D eigenvalue weighted by Gasteiger charge is 2.02. The van der Waals surface area contributed by atoms with Crippen molar-refractivity contribution in [1.82, 2.24) is 5.43 Å². The summed E-state index contributed by atoms with van der Waals surface area (Å²) in [5.74, 6) is 0.430. The number of nitrogens with one attached hydrogen (secondary N) is 1. The van der Waals surface area contributed by atoms with E-state index in [0.717, 1.165) is 11.1 Å². The largest absolute Gasteiger partial charge is 0.495 e. The van der Waals surface area contributed by atoms with Gasteiger partial charge in [-0.25, -0.2) is 5.43 Å². The molecule has 0 heterocycles. The maximum Gasteiger partial charge on any atom is 0.244 e. The lowest BCUT2D eigenvalue weighted by Gasteiger charge is -2.03. The molecule has 0 spiro atoms. The van der Waals surface area contributed by atoms with E-state index in [0.29, 0.717) is 17.2 Å². The number of hydrogen-bond acceptors (Lipinski definition) is 3. The molecule has 0 unspecified atom stereocenters. The van der Waals surface area contributed by atoms with E-state index >= 15 is 0 Å². The molecule has 0 saturated carbocycles. The Hall–Kier alpha value is -2.33. The molecule has 2 aromatic rings. The second-order valence-corrected chi connectivity index (χ2v) is 4.76. The van der Waals surface area contributed by atoms with Crippen LogP contribution in [0.5, 0.6) is 5.75 Å². The summed E-state index contributed by atoms with van der Waals surface area (Å²) in [5.41, 5.74) is 4.20. The van der Waals surface area contributed by atoms with Crippen LogP contribution in [0.25, 0.3) is 0 Å². The lowest BCUT2D eigenvalue weighted by Crippen LogP contribution is -2.19. The van der Waals surface area contributed by atoms with E-state index in [1.165, 1.54) is 6.21 Å². The molecular formula is C16H15ClN2O2. The number of ether oxygens (including phenoxy) is 1. The Balaban J connectivity index is 1.90. The first-order valence-electron chi connectivity index (χ1n) is 6.38. The summed E-state index contributed by atoms with van der Waals surface area (Å²) in [4.78, 5) is 11.7. The van der Waals surface area contributed by atoms with E-state index < -0.39 is 0 Å². The third kappa shape index (κ3) is 4.61. The molecule has 2 aromatic carbocycles. The predicted octanol–water partition coefficient (Wildman–Crippen LogP) is 3.04. The van der Waals surface area contributed by atoms with Gasteiger partial charge in [0, 0.05) is 0 Å². The molecule has 0 saturated heterocycles. The molecule has 0 aliphatic carbocycles. The normalized spacial score (nSPS) is 10.6. The van der Waals surface area contributed by atoms with Crippen molar-refractivity contribution in [2.24, 2.45) is 5.10 Å². The molecule has 4 nitrogen and oxygen atoms in total. The van der Waals surface area contributed by atoms with E-state index in [1.54, 1.807) is 25.3 Å². The maximum atomic E-state index is 11.7. The number of amides is 1. The van der Waals surface area contributed by atoms with Crippen LogP contribution in [0, 0.1) is 0 Å². The van der Waals surface area contributed by atoms with Crippen molar-refractivity contribution in [1.29, 1.82) is 0 Å². The van der Waals surface area contributed by atoms with Crippen molar-refractivity contribution in [3.8, 4) is 5.75 Å². The minimum Gasteiger partial charge on any atom is -0.495 e. The molecular weight excluding hydrogens is 288 g/mol. The number of halogens is 1. The molecule has 1 N–H and O–H groups in total. The quantitative estimate of drug-likeness (QED) is 0.682. The number of methoxy groups -OCH3 is 1. The average molecular weight is 303 g/mol. The Kier molecular flexibility index (Phi) is 5.35. The summed E-state index contributed by atoms with van der Waals surface area (Å²) < 4.78 is 5.06. The molecule has 0 bridgehead atoms. The molecule has 2 rings (SSSR count). The highest BCUT2D eigenvalue weighted by molar-refractivity contribution is 6.32. The van der Waals surface area contributed by atoms with Crippen molar-refractivity contribution in [3.63, 3.8) is 0 Å². The van der Waals surface area contributed by atoms with E-state index in [-0.39, 0.29) is 5.91 Å². The van der Waals surface area contributed by atoms with Crippen LogP contribution in [0.4, 0.5) is 0 Å². The number of benzene rings is 2. The number of carbonyl (C=O) groups excluding carboxylic acids is 1. The molecule has 0 aliphatic heterocycles. The van der Waals surface area contributed by atoms with Gasteiger partial charge in [0.05, 0.1) is 24.8 Å². The van der Waals surface area contributed by atoms with Crippen LogP contribution in [0.1, 0.15) is 11.1 Å². The molecule has 0 radical (unpaired) electrons. The van der Waals surface area contributed by atoms with Gasteiger partial charge in [-0.3, -0.25) is 4.79 Å². The summed E-state index contributed by atoms with van der Waals surface area (Å²) in [7, 11) is 1.55. The van der Waals surface area contributed by atoms with Crippen LogP contribution in [0.15, 0.2) is 53.6 Å². The zero-order valence-electron chi connectivity index (χ0n) is 11.5. The van der Waals surface area contributed by atoms with Crippen LogP contribution < -0.4 is 10.2 Å². The highest BCUT2D eigenvalue weighted by Crippen LogP contribution is 2.24. The van der Waals surface area contributed by atoms with E-state index in [4.69, 9.17) is 16.3 Å². The van der Waals surface area contributed by atoms with Crippen molar-refractivity contribution >= 4 is 23.7 Å². The van der Waals surface area contributed by atoms with Gasteiger partial charge in [-0.2, -0.15) is 5.10 Å². The maximum absolute atomic E-state index is 11.7. The van der Waals surface area contributed by atoms with Gasteiger partial charge in [0.1, 0.15) is 5.75 Å². The van der Waals surface area contributed by atoms with Crippen molar-refractivity contribution in [2.75, 3.05) is 7.11 Å². The van der Waals surface area contributed by atoms with Crippen molar-refractivity contribution in [3.05, 3.63) is 64.7 Å². The van der Waals surface area contributed by atoms with Gasteiger partial charge >= 0.3 is 0 Å². The minimum atomic E-state index is -0.169. The van der Waals surface area contributed by atoms with Gasteiger partial charge in [-0.15, -0.1) is 0 Å². The number of carbonyl (C=O) groups is 1. The first-order chi connectivity index (χ1) is 10.2. The Morgan fingerprint density at radius 3 is 2.71 bits per heavy atom. The predicted molar refractivity (Wildman–Crippen MR) is 83.9 cm³/mol. The smallest absolute Gasteiger partial charge is 0.244 e. The third-order valence-corrected chi connectivity index (χ3v) is 3.08. The van der Waals surface area contributed by atoms with Gasteiger partial charge in [-0.05, 0) is 29.3 Å². The Morgan fingerprint density at radius 1 is 1.29 bits per heavy atom. The molecule has 0 aromatic heterocycles. The molecule has 0 aliphatic rings. The van der Waals surface area contributed by atoms with Crippen molar-refractivity contribution in [2.45, 2.75) is 6.42 Å². The SMILES string of the molecule is COc1ccc(/C=N\NC(=O)Cc2ccccc2)cc1Cl. The molecule has 1 amide bonds. The monoisotopic (exact) mass is 302 g/mol. The molecule has 108 valence electrons. The summed E-state index contributed by atoms with van der Waals surface area (Å²) in [6.45, 7) is 0. The fourth-order valence-electron chi connectivity index (χ4n) is 1.76. The second-order valence-electron chi connectivity index (χ2n) is 4.35. The van der Waals surface area contributed by atoms with Gasteiger partial charge < -0.3 is 4.74 Å². The number of hydrogen-bond donors (Lipinski definition) is 1. The van der Waals surface area contributed by atoms with E-state index in [9.17, 15) is 4.79 Å². The minimum absolute atomic E-state index is 0.169. The van der Waals surface area contributed by atoms with Crippen LogP contribution in [0.3, 0.4) is 0 Å². The topological polar surface area (TPSA) is 50.7 Å². The molecule has 0 fully saturated rings. The number of hydrazone groups is 1. The second kappa shape index (κ2) is 7.45. The van der Waals surface area contributed by atoms with Gasteiger partial charge in [0.25, 0.3) is 0 Å². The van der Waals surface area contributed by atoms with E-state index in [1.807, 2.05) is 30.3 Å². The lowest BCUT2D eigenvalue weighted by molar-refractivity contribution is -0.120. The Labute approximate surface area is 128 Å². The zero-order valence-corrected chi connectivity index (χ0v) is 12.3. The summed E-state index contributed by atoms with van der Waals surface area (Å²) >= 11 is 6.00. The summed E-state index contributed by atoms with van der Waals surface area (Å²) in [5, 5.41) is 4.41. The van der Waals surface area contributed by atoms with Gasteiger partial charge in [-0.1, -0.05) is 41.9 Å². The number of rotatable bonds is 5. The summed E-state index contributed by atoms with van der Waals surface area (Å²) in [6.07, 6.45) is 1.83. The summed E-state index contributed by atoms with van der Waals surface area (Å²) in [6, 6.07) is 14.8. The standard InChI is InChI=1S/C16H15ClN2O2/c1-21-15-8-7-13(9-14(15)17)11-18-19-16(20)10-12-5-3-2-4-6-12/h2-9,11H,10H2,1H3,(H,19,20)/b18-11-. The zero-order chi connectivity index (χ0) is 15.1. The third-order valence-electron chi connectivity index (χ3n) is 2.79. The van der Waals surface area contributed by atoms with Crippen LogP contribution >= 0.6 is 11.6 Å². The Bertz CT molecular complexity index is 642. The fourth-order valence-corrected chi connectivity index (χ4v) is 2.03. The molecule has 5 heteroatoms. The first-order valence-corrected chi connectivity index (χ1v) is 6.76. The van der Waals surface area contributed by atoms with Crippen molar-refractivity contribution < 1.29 is 9.53 Å². The van der Waals surface area contributed by atoms with Crippen LogP contribution in [0.2, 0.25) is 5.02 Å². The fraction of sp³-hybridized carbons (Fsp3) is 0.125. The van der Waals surface area contributed by atoms with E-state index in [2.05, 4.69) is 10.5 Å². The lowest BCUT2D eigenvalue weighted by atomic mass is 10.1.